The van der Waals surface area contributed by atoms with Crippen LogP contribution in [0.4, 0.5) is 8.78 Å². The summed E-state index contributed by atoms with van der Waals surface area (Å²) in [5.74, 6) is -3.37. The van der Waals surface area contributed by atoms with Crippen LogP contribution in [0.15, 0.2) is 42.6 Å². The Morgan fingerprint density at radius 1 is 0.950 bits per heavy atom. The van der Waals surface area contributed by atoms with Gasteiger partial charge < -0.3 is 0 Å². The SMILES string of the molecule is Cc1ccc(-c2ccc3nnc(C(C)(F)F)n3c2)cc1. The standard InChI is InChI=1S/C15H13F2N3/c1-10-3-5-11(6-4-10)12-7-8-13-18-19-14(15(2,16)17)20(13)9-12/h3-9H,1-2H3. The van der Waals surface area contributed by atoms with Gasteiger partial charge in [-0.25, -0.2) is 0 Å². The first-order chi connectivity index (χ1) is 9.45. The number of alkyl halides is 2. The number of halogens is 2. The fourth-order valence-corrected chi connectivity index (χ4v) is 2.11. The Balaban J connectivity index is 2.16. The van der Waals surface area contributed by atoms with Gasteiger partial charge in [-0.3, -0.25) is 4.40 Å². The predicted octanol–water partition coefficient (Wildman–Crippen LogP) is 3.82. The monoisotopic (exact) mass is 273 g/mol. The van der Waals surface area contributed by atoms with E-state index >= 15 is 0 Å². The summed E-state index contributed by atoms with van der Waals surface area (Å²) in [4.78, 5) is 0. The molecule has 0 radical (unpaired) electrons. The van der Waals surface area contributed by atoms with Gasteiger partial charge in [0, 0.05) is 13.1 Å². The smallest absolute Gasteiger partial charge is 0.281 e. The Kier molecular flexibility index (Phi) is 2.78. The Hall–Kier alpha value is -2.30. The Labute approximate surface area is 114 Å². The maximum Gasteiger partial charge on any atom is 0.304 e. The van der Waals surface area contributed by atoms with Gasteiger partial charge in [0.05, 0.1) is 0 Å². The lowest BCUT2D eigenvalue weighted by molar-refractivity contribution is 0.00669. The number of rotatable bonds is 2. The largest absolute Gasteiger partial charge is 0.304 e. The second-order valence-electron chi connectivity index (χ2n) is 4.92. The topological polar surface area (TPSA) is 30.2 Å². The van der Waals surface area contributed by atoms with Crippen molar-refractivity contribution >= 4 is 5.65 Å². The molecule has 0 aliphatic carbocycles. The number of hydrogen-bond donors (Lipinski definition) is 0. The van der Waals surface area contributed by atoms with E-state index in [1.54, 1.807) is 12.3 Å². The summed E-state index contributed by atoms with van der Waals surface area (Å²) in [6.45, 7) is 2.82. The predicted molar refractivity (Wildman–Crippen MR) is 72.7 cm³/mol. The molecule has 2 heterocycles. The molecule has 0 saturated carbocycles. The van der Waals surface area contributed by atoms with Crippen LogP contribution in [0.5, 0.6) is 0 Å². The highest BCUT2D eigenvalue weighted by Crippen LogP contribution is 2.27. The van der Waals surface area contributed by atoms with Gasteiger partial charge in [0.25, 0.3) is 0 Å². The highest BCUT2D eigenvalue weighted by atomic mass is 19.3. The highest BCUT2D eigenvalue weighted by molar-refractivity contribution is 5.64. The molecule has 20 heavy (non-hydrogen) atoms. The third kappa shape index (κ3) is 2.15. The maximum atomic E-state index is 13.5. The quantitative estimate of drug-likeness (QED) is 0.710. The van der Waals surface area contributed by atoms with Crippen LogP contribution in [0.1, 0.15) is 18.3 Å². The normalized spacial score (nSPS) is 12.0. The van der Waals surface area contributed by atoms with Crippen LogP contribution in [0.25, 0.3) is 16.8 Å². The van der Waals surface area contributed by atoms with E-state index in [-0.39, 0.29) is 5.82 Å². The number of aryl methyl sites for hydroxylation is 1. The molecule has 1 aromatic carbocycles. The van der Waals surface area contributed by atoms with Crippen molar-refractivity contribution in [3.63, 3.8) is 0 Å². The zero-order valence-electron chi connectivity index (χ0n) is 11.1. The minimum Gasteiger partial charge on any atom is -0.281 e. The zero-order chi connectivity index (χ0) is 14.3. The molecular weight excluding hydrogens is 260 g/mol. The molecule has 2 aromatic heterocycles. The third-order valence-electron chi connectivity index (χ3n) is 3.18. The van der Waals surface area contributed by atoms with Crippen LogP contribution in [-0.4, -0.2) is 14.6 Å². The van der Waals surface area contributed by atoms with Gasteiger partial charge in [-0.2, -0.15) is 8.78 Å². The van der Waals surface area contributed by atoms with Crippen molar-refractivity contribution < 1.29 is 8.78 Å². The van der Waals surface area contributed by atoms with Crippen LogP contribution in [0.2, 0.25) is 0 Å². The molecule has 0 atom stereocenters. The maximum absolute atomic E-state index is 13.5. The molecule has 3 rings (SSSR count). The van der Waals surface area contributed by atoms with Gasteiger partial charge in [0.2, 0.25) is 5.82 Å². The van der Waals surface area contributed by atoms with Gasteiger partial charge in [-0.15, -0.1) is 10.2 Å². The highest BCUT2D eigenvalue weighted by Gasteiger charge is 2.30. The van der Waals surface area contributed by atoms with Gasteiger partial charge in [0.15, 0.2) is 5.65 Å². The van der Waals surface area contributed by atoms with Crippen LogP contribution < -0.4 is 0 Å². The third-order valence-corrected chi connectivity index (χ3v) is 3.18. The van der Waals surface area contributed by atoms with Crippen molar-refractivity contribution in [1.29, 1.82) is 0 Å². The molecule has 0 bridgehead atoms. The first-order valence-corrected chi connectivity index (χ1v) is 6.25. The summed E-state index contributed by atoms with van der Waals surface area (Å²) < 4.78 is 28.3. The summed E-state index contributed by atoms with van der Waals surface area (Å²) in [5, 5.41) is 7.35. The summed E-state index contributed by atoms with van der Waals surface area (Å²) in [6.07, 6.45) is 1.65. The Morgan fingerprint density at radius 2 is 1.60 bits per heavy atom. The summed E-state index contributed by atoms with van der Waals surface area (Å²) in [7, 11) is 0. The van der Waals surface area contributed by atoms with Gasteiger partial charge in [-0.05, 0) is 30.2 Å². The van der Waals surface area contributed by atoms with E-state index in [1.807, 2.05) is 37.3 Å². The van der Waals surface area contributed by atoms with E-state index < -0.39 is 5.92 Å². The average molecular weight is 273 g/mol. The van der Waals surface area contributed by atoms with Gasteiger partial charge in [-0.1, -0.05) is 29.8 Å². The van der Waals surface area contributed by atoms with E-state index in [1.165, 1.54) is 4.40 Å². The summed E-state index contributed by atoms with van der Waals surface area (Å²) in [6, 6.07) is 11.4. The van der Waals surface area contributed by atoms with Gasteiger partial charge >= 0.3 is 5.92 Å². The number of hydrogen-bond acceptors (Lipinski definition) is 2. The molecule has 3 nitrogen and oxygen atoms in total. The fraction of sp³-hybridized carbons (Fsp3) is 0.200. The number of benzene rings is 1. The second-order valence-corrected chi connectivity index (χ2v) is 4.92. The molecule has 0 aliphatic heterocycles. The minimum atomic E-state index is -3.02. The van der Waals surface area contributed by atoms with E-state index in [4.69, 9.17) is 0 Å². The molecule has 0 amide bonds. The summed E-state index contributed by atoms with van der Waals surface area (Å²) in [5.41, 5.74) is 3.39. The molecule has 0 fully saturated rings. The number of aromatic nitrogens is 3. The number of nitrogens with zero attached hydrogens (tertiary/aromatic N) is 3. The molecule has 5 heteroatoms. The lowest BCUT2D eigenvalue weighted by atomic mass is 10.1. The number of fused-ring (bicyclic) bond motifs is 1. The van der Waals surface area contributed by atoms with E-state index in [2.05, 4.69) is 10.2 Å². The van der Waals surface area contributed by atoms with E-state index in [0.717, 1.165) is 23.6 Å². The first kappa shape index (κ1) is 12.7. The van der Waals surface area contributed by atoms with Crippen molar-refractivity contribution in [2.75, 3.05) is 0 Å². The van der Waals surface area contributed by atoms with Gasteiger partial charge in [0.1, 0.15) is 0 Å². The molecular formula is C15H13F2N3. The summed E-state index contributed by atoms with van der Waals surface area (Å²) >= 11 is 0. The molecule has 0 saturated heterocycles. The zero-order valence-corrected chi connectivity index (χ0v) is 11.1. The number of pyridine rings is 1. The molecule has 102 valence electrons. The molecule has 0 N–H and O–H groups in total. The minimum absolute atomic E-state index is 0.346. The van der Waals surface area contributed by atoms with E-state index in [9.17, 15) is 8.78 Å². The van der Waals surface area contributed by atoms with Crippen molar-refractivity contribution in [2.24, 2.45) is 0 Å². The molecule has 0 unspecified atom stereocenters. The lowest BCUT2D eigenvalue weighted by Crippen LogP contribution is -2.12. The van der Waals surface area contributed by atoms with Crippen molar-refractivity contribution in [1.82, 2.24) is 14.6 Å². The Bertz CT molecular complexity index is 755. The van der Waals surface area contributed by atoms with Crippen LogP contribution in [-0.2, 0) is 5.92 Å². The van der Waals surface area contributed by atoms with Crippen LogP contribution >= 0.6 is 0 Å². The fourth-order valence-electron chi connectivity index (χ4n) is 2.11. The lowest BCUT2D eigenvalue weighted by Gasteiger charge is -2.09. The molecule has 0 spiro atoms. The van der Waals surface area contributed by atoms with Crippen LogP contribution in [0.3, 0.4) is 0 Å². The molecule has 3 aromatic rings. The van der Waals surface area contributed by atoms with Crippen molar-refractivity contribution in [3.05, 3.63) is 54.0 Å². The van der Waals surface area contributed by atoms with Crippen molar-refractivity contribution in [3.8, 4) is 11.1 Å². The molecule has 0 aliphatic rings. The second kappa shape index (κ2) is 4.37. The first-order valence-electron chi connectivity index (χ1n) is 6.25. The Morgan fingerprint density at radius 3 is 2.25 bits per heavy atom. The average Bonchev–Trinajstić information content (AvgIpc) is 2.82. The van der Waals surface area contributed by atoms with E-state index in [0.29, 0.717) is 5.65 Å². The van der Waals surface area contributed by atoms with Crippen molar-refractivity contribution in [2.45, 2.75) is 19.8 Å². The van der Waals surface area contributed by atoms with Crippen LogP contribution in [0, 0.1) is 6.92 Å².